The fourth-order valence-electron chi connectivity index (χ4n) is 2.85. The number of hydrogen-bond acceptors (Lipinski definition) is 3. The normalized spacial score (nSPS) is 19.7. The van der Waals surface area contributed by atoms with Gasteiger partial charge in [0.1, 0.15) is 0 Å². The van der Waals surface area contributed by atoms with E-state index < -0.39 is 11.5 Å². The zero-order valence-electron chi connectivity index (χ0n) is 12.5. The van der Waals surface area contributed by atoms with E-state index in [1.165, 1.54) is 0 Å². The molecular weight excluding hydrogens is 278 g/mol. The van der Waals surface area contributed by atoms with Crippen molar-refractivity contribution in [2.75, 3.05) is 5.32 Å². The van der Waals surface area contributed by atoms with E-state index in [-0.39, 0.29) is 12.2 Å². The molecule has 0 bridgehead atoms. The molecule has 1 amide bonds. The van der Waals surface area contributed by atoms with Gasteiger partial charge in [-0.15, -0.1) is 0 Å². The molecule has 1 aliphatic heterocycles. The second-order valence-corrected chi connectivity index (χ2v) is 5.78. The highest BCUT2D eigenvalue weighted by atomic mass is 16.3. The Morgan fingerprint density at radius 3 is 2.64 bits per heavy atom. The van der Waals surface area contributed by atoms with Crippen molar-refractivity contribution in [1.29, 1.82) is 0 Å². The molecule has 4 nitrogen and oxygen atoms in total. The van der Waals surface area contributed by atoms with E-state index in [4.69, 9.17) is 0 Å². The maximum atomic E-state index is 12.5. The van der Waals surface area contributed by atoms with E-state index in [1.54, 1.807) is 24.3 Å². The second-order valence-electron chi connectivity index (χ2n) is 5.78. The van der Waals surface area contributed by atoms with Crippen LogP contribution < -0.4 is 5.32 Å². The molecule has 0 saturated heterocycles. The molecule has 1 heterocycles. The van der Waals surface area contributed by atoms with Crippen molar-refractivity contribution in [3.8, 4) is 0 Å². The molecule has 3 rings (SSSR count). The molecule has 2 aromatic carbocycles. The average molecular weight is 295 g/mol. The molecule has 0 spiro atoms. The van der Waals surface area contributed by atoms with Crippen LogP contribution in [0.1, 0.15) is 33.5 Å². The summed E-state index contributed by atoms with van der Waals surface area (Å²) in [6, 6.07) is 12.5. The predicted octanol–water partition coefficient (Wildman–Crippen LogP) is 2.72. The minimum Gasteiger partial charge on any atom is -0.375 e. The molecule has 2 aromatic rings. The molecule has 0 aliphatic carbocycles. The minimum absolute atomic E-state index is 0.245. The van der Waals surface area contributed by atoms with Gasteiger partial charge in [0.15, 0.2) is 11.4 Å². The number of amides is 1. The van der Waals surface area contributed by atoms with Gasteiger partial charge in [-0.3, -0.25) is 9.59 Å². The number of hydrogen-bond donors (Lipinski definition) is 2. The summed E-state index contributed by atoms with van der Waals surface area (Å²) < 4.78 is 0. The first-order chi connectivity index (χ1) is 10.4. The van der Waals surface area contributed by atoms with Crippen LogP contribution in [-0.4, -0.2) is 16.8 Å². The first kappa shape index (κ1) is 14.5. The summed E-state index contributed by atoms with van der Waals surface area (Å²) in [6.45, 7) is 3.72. The standard InChI is InChI=1S/C18H17NO3/c1-11-7-8-15-14(9-11)18(22,17(21)19-15)10-16(20)13-6-4-3-5-12(13)2/h3-9,22H,10H2,1-2H3,(H,19,21)/t18-/m1/s1. The molecule has 1 atom stereocenters. The van der Waals surface area contributed by atoms with Crippen molar-refractivity contribution in [2.45, 2.75) is 25.9 Å². The molecule has 22 heavy (non-hydrogen) atoms. The number of aryl methyl sites for hydroxylation is 2. The van der Waals surface area contributed by atoms with Crippen molar-refractivity contribution in [2.24, 2.45) is 0 Å². The molecule has 0 aromatic heterocycles. The molecule has 112 valence electrons. The quantitative estimate of drug-likeness (QED) is 0.856. The lowest BCUT2D eigenvalue weighted by atomic mass is 9.86. The number of anilines is 1. The van der Waals surface area contributed by atoms with Gasteiger partial charge in [-0.05, 0) is 25.5 Å². The number of Topliss-reactive ketones (excluding diaryl/α,β-unsaturated/α-hetero) is 1. The summed E-state index contributed by atoms with van der Waals surface area (Å²) in [6.07, 6.45) is -0.264. The van der Waals surface area contributed by atoms with Crippen LogP contribution in [0.2, 0.25) is 0 Å². The Hall–Kier alpha value is -2.46. The topological polar surface area (TPSA) is 66.4 Å². The summed E-state index contributed by atoms with van der Waals surface area (Å²) in [5.41, 5.74) is 1.52. The van der Waals surface area contributed by atoms with Crippen LogP contribution in [-0.2, 0) is 10.4 Å². The van der Waals surface area contributed by atoms with Gasteiger partial charge in [-0.1, -0.05) is 42.0 Å². The Bertz CT molecular complexity index is 782. The first-order valence-corrected chi connectivity index (χ1v) is 7.15. The molecular formula is C18H17NO3. The zero-order chi connectivity index (χ0) is 15.9. The lowest BCUT2D eigenvalue weighted by Crippen LogP contribution is -2.36. The third-order valence-corrected chi connectivity index (χ3v) is 4.11. The van der Waals surface area contributed by atoms with Crippen LogP contribution in [0, 0.1) is 13.8 Å². The Kier molecular flexibility index (Phi) is 3.34. The third kappa shape index (κ3) is 2.22. The van der Waals surface area contributed by atoms with Gasteiger partial charge < -0.3 is 10.4 Å². The predicted molar refractivity (Wildman–Crippen MR) is 83.8 cm³/mol. The van der Waals surface area contributed by atoms with Crippen LogP contribution >= 0.6 is 0 Å². The van der Waals surface area contributed by atoms with Gasteiger partial charge in [0.05, 0.1) is 6.42 Å². The van der Waals surface area contributed by atoms with E-state index in [2.05, 4.69) is 5.32 Å². The van der Waals surface area contributed by atoms with Crippen molar-refractivity contribution < 1.29 is 14.7 Å². The largest absolute Gasteiger partial charge is 0.375 e. The Labute approximate surface area is 128 Å². The Balaban J connectivity index is 1.98. The van der Waals surface area contributed by atoms with E-state index >= 15 is 0 Å². The summed E-state index contributed by atoms with van der Waals surface area (Å²) in [5.74, 6) is -0.792. The van der Waals surface area contributed by atoms with Crippen molar-refractivity contribution in [3.63, 3.8) is 0 Å². The van der Waals surface area contributed by atoms with Gasteiger partial charge in [-0.2, -0.15) is 0 Å². The lowest BCUT2D eigenvalue weighted by molar-refractivity contribution is -0.133. The number of rotatable bonds is 3. The van der Waals surface area contributed by atoms with Gasteiger partial charge >= 0.3 is 0 Å². The summed E-state index contributed by atoms with van der Waals surface area (Å²) in [4.78, 5) is 24.7. The van der Waals surface area contributed by atoms with Crippen LogP contribution in [0.25, 0.3) is 0 Å². The van der Waals surface area contributed by atoms with Crippen LogP contribution in [0.3, 0.4) is 0 Å². The first-order valence-electron chi connectivity index (χ1n) is 7.15. The van der Waals surface area contributed by atoms with Gasteiger partial charge in [0.2, 0.25) is 0 Å². The summed E-state index contributed by atoms with van der Waals surface area (Å²) in [7, 11) is 0. The molecule has 0 fully saturated rings. The highest BCUT2D eigenvalue weighted by Gasteiger charge is 2.46. The monoisotopic (exact) mass is 295 g/mol. The molecule has 0 saturated carbocycles. The molecule has 0 unspecified atom stereocenters. The van der Waals surface area contributed by atoms with Gasteiger partial charge in [0, 0.05) is 16.8 Å². The summed E-state index contributed by atoms with van der Waals surface area (Å²) >= 11 is 0. The van der Waals surface area contributed by atoms with Gasteiger partial charge in [-0.25, -0.2) is 0 Å². The van der Waals surface area contributed by atoms with Gasteiger partial charge in [0.25, 0.3) is 5.91 Å². The number of aliphatic hydroxyl groups is 1. The molecule has 4 heteroatoms. The Morgan fingerprint density at radius 2 is 1.91 bits per heavy atom. The third-order valence-electron chi connectivity index (χ3n) is 4.11. The molecule has 1 aliphatic rings. The summed E-state index contributed by atoms with van der Waals surface area (Å²) in [5, 5.41) is 13.5. The number of carbonyl (C=O) groups is 2. The van der Waals surface area contributed by atoms with E-state index in [0.717, 1.165) is 11.1 Å². The van der Waals surface area contributed by atoms with Crippen molar-refractivity contribution in [3.05, 3.63) is 64.7 Å². The van der Waals surface area contributed by atoms with Crippen molar-refractivity contribution in [1.82, 2.24) is 0 Å². The maximum absolute atomic E-state index is 12.5. The number of nitrogens with one attached hydrogen (secondary N) is 1. The number of fused-ring (bicyclic) bond motifs is 1. The van der Waals surface area contributed by atoms with Crippen LogP contribution in [0.4, 0.5) is 5.69 Å². The van der Waals surface area contributed by atoms with E-state index in [1.807, 2.05) is 32.0 Å². The highest BCUT2D eigenvalue weighted by Crippen LogP contribution is 2.39. The lowest BCUT2D eigenvalue weighted by Gasteiger charge is -2.20. The van der Waals surface area contributed by atoms with Crippen LogP contribution in [0.5, 0.6) is 0 Å². The fraction of sp³-hybridized carbons (Fsp3) is 0.222. The highest BCUT2D eigenvalue weighted by molar-refractivity contribution is 6.09. The number of ketones is 1. The minimum atomic E-state index is -1.80. The Morgan fingerprint density at radius 1 is 1.18 bits per heavy atom. The number of benzene rings is 2. The van der Waals surface area contributed by atoms with E-state index in [9.17, 15) is 14.7 Å². The molecule has 0 radical (unpaired) electrons. The zero-order valence-corrected chi connectivity index (χ0v) is 12.5. The molecule has 2 N–H and O–H groups in total. The smallest absolute Gasteiger partial charge is 0.261 e. The van der Waals surface area contributed by atoms with Crippen molar-refractivity contribution >= 4 is 17.4 Å². The SMILES string of the molecule is Cc1ccc2c(c1)[C@](O)(CC(=O)c1ccccc1C)C(=O)N2. The maximum Gasteiger partial charge on any atom is 0.261 e. The fourth-order valence-corrected chi connectivity index (χ4v) is 2.85. The average Bonchev–Trinajstić information content (AvgIpc) is 2.71. The number of carbonyl (C=O) groups excluding carboxylic acids is 2. The van der Waals surface area contributed by atoms with E-state index in [0.29, 0.717) is 16.8 Å². The second kappa shape index (κ2) is 5.07. The van der Waals surface area contributed by atoms with Crippen LogP contribution in [0.15, 0.2) is 42.5 Å².